The van der Waals surface area contributed by atoms with Crippen molar-refractivity contribution >= 4 is 29.3 Å². The number of aliphatic hydroxyl groups is 1. The number of benzene rings is 1. The zero-order valence-corrected chi connectivity index (χ0v) is 26.1. The number of aliphatic hydroxyl groups excluding tert-OH is 1. The second kappa shape index (κ2) is 12.4. The van der Waals surface area contributed by atoms with E-state index in [1.54, 1.807) is 0 Å². The number of amides is 1. The van der Waals surface area contributed by atoms with Crippen LogP contribution in [0.1, 0.15) is 74.8 Å². The number of ether oxygens (including phenoxy) is 1. The standard InChI is InChI=1S/C34H42ClN5O3/c1-34(2,3)43-33(42)39-15-10-24(11-16-39)30-27-9-8-26(35)18-25(27)19-29(28-7-4-12-37-31(28)30)32(41)40-14-5-6-23(21-40)20-38-17-13-36-22-38/h4,7-9,12-13,17-19,22-24,30,32,41H,5-6,10-11,14-16,20-21H2,1-3H3/t23-,30?,32?/m0/s1. The highest BCUT2D eigenvalue weighted by atomic mass is 35.5. The van der Waals surface area contributed by atoms with Crippen LogP contribution < -0.4 is 0 Å². The molecule has 1 aliphatic carbocycles. The number of fused-ring (bicyclic) bond motifs is 2. The van der Waals surface area contributed by atoms with Crippen LogP contribution in [0, 0.1) is 11.8 Å². The van der Waals surface area contributed by atoms with Gasteiger partial charge in [-0.2, -0.15) is 0 Å². The lowest BCUT2D eigenvalue weighted by atomic mass is 9.76. The van der Waals surface area contributed by atoms with E-state index in [-0.39, 0.29) is 17.9 Å². The number of pyridine rings is 1. The van der Waals surface area contributed by atoms with Crippen molar-refractivity contribution in [1.82, 2.24) is 24.3 Å². The molecule has 0 bridgehead atoms. The molecule has 1 amide bonds. The van der Waals surface area contributed by atoms with E-state index in [1.807, 2.05) is 68.8 Å². The molecule has 3 aliphatic rings. The van der Waals surface area contributed by atoms with E-state index in [0.29, 0.717) is 24.0 Å². The fourth-order valence-corrected chi connectivity index (χ4v) is 7.23. The number of hydrogen-bond acceptors (Lipinski definition) is 6. The van der Waals surface area contributed by atoms with Gasteiger partial charge in [0.25, 0.3) is 0 Å². The molecule has 2 aromatic heterocycles. The Hall–Kier alpha value is -3.20. The van der Waals surface area contributed by atoms with E-state index in [4.69, 9.17) is 21.3 Å². The molecule has 1 N–H and O–H groups in total. The van der Waals surface area contributed by atoms with Crippen LogP contribution in [0.4, 0.5) is 4.79 Å². The summed E-state index contributed by atoms with van der Waals surface area (Å²) in [7, 11) is 0. The van der Waals surface area contributed by atoms with Gasteiger partial charge in [-0.05, 0) is 93.7 Å². The van der Waals surface area contributed by atoms with Crippen LogP contribution in [0.15, 0.2) is 55.2 Å². The molecule has 4 heterocycles. The molecule has 2 fully saturated rings. The van der Waals surface area contributed by atoms with E-state index < -0.39 is 11.8 Å². The van der Waals surface area contributed by atoms with Gasteiger partial charge in [0.1, 0.15) is 11.8 Å². The topological polar surface area (TPSA) is 83.7 Å². The van der Waals surface area contributed by atoms with Crippen molar-refractivity contribution in [2.45, 2.75) is 70.7 Å². The highest BCUT2D eigenvalue weighted by molar-refractivity contribution is 6.30. The number of carbonyl (C=O) groups excluding carboxylic acids is 1. The predicted octanol–water partition coefficient (Wildman–Crippen LogP) is 6.30. The van der Waals surface area contributed by atoms with Gasteiger partial charge < -0.3 is 19.3 Å². The van der Waals surface area contributed by atoms with E-state index in [9.17, 15) is 9.90 Å². The van der Waals surface area contributed by atoms with Gasteiger partial charge in [0.2, 0.25) is 0 Å². The number of likely N-dealkylation sites (tertiary alicyclic amines) is 2. The Labute approximate surface area is 259 Å². The van der Waals surface area contributed by atoms with E-state index in [1.165, 1.54) is 5.56 Å². The summed E-state index contributed by atoms with van der Waals surface area (Å²) in [5, 5.41) is 12.7. The number of aromatic nitrogens is 3. The van der Waals surface area contributed by atoms with Crippen molar-refractivity contribution < 1.29 is 14.6 Å². The monoisotopic (exact) mass is 603 g/mol. The lowest BCUT2D eigenvalue weighted by Gasteiger charge is -2.38. The summed E-state index contributed by atoms with van der Waals surface area (Å²) in [5.41, 5.74) is 4.50. The Bertz CT molecular complexity index is 1460. The number of hydrogen-bond donors (Lipinski definition) is 1. The minimum atomic E-state index is -0.770. The minimum absolute atomic E-state index is 0.0144. The lowest BCUT2D eigenvalue weighted by Crippen LogP contribution is -2.44. The van der Waals surface area contributed by atoms with Crippen molar-refractivity contribution in [1.29, 1.82) is 0 Å². The van der Waals surface area contributed by atoms with Crippen LogP contribution in [0.3, 0.4) is 0 Å². The van der Waals surface area contributed by atoms with Gasteiger partial charge >= 0.3 is 6.09 Å². The average molecular weight is 604 g/mol. The fourth-order valence-electron chi connectivity index (χ4n) is 7.05. The summed E-state index contributed by atoms with van der Waals surface area (Å²) in [5.74, 6) is 0.717. The molecule has 3 atom stereocenters. The Morgan fingerprint density at radius 2 is 1.95 bits per heavy atom. The third-order valence-electron chi connectivity index (χ3n) is 9.00. The molecule has 2 saturated heterocycles. The maximum Gasteiger partial charge on any atom is 0.410 e. The summed E-state index contributed by atoms with van der Waals surface area (Å²) < 4.78 is 7.78. The number of halogens is 1. The molecule has 6 rings (SSSR count). The third kappa shape index (κ3) is 6.66. The molecule has 1 aromatic carbocycles. The lowest BCUT2D eigenvalue weighted by molar-refractivity contribution is 0.0155. The van der Waals surface area contributed by atoms with Crippen molar-refractivity contribution in [3.63, 3.8) is 0 Å². The molecule has 3 aromatic rings. The van der Waals surface area contributed by atoms with Crippen LogP contribution in [-0.2, 0) is 11.3 Å². The Morgan fingerprint density at radius 3 is 2.70 bits per heavy atom. The van der Waals surface area contributed by atoms with Crippen LogP contribution in [0.5, 0.6) is 0 Å². The van der Waals surface area contributed by atoms with Gasteiger partial charge in [0.05, 0.1) is 12.0 Å². The molecule has 228 valence electrons. The van der Waals surface area contributed by atoms with Crippen molar-refractivity contribution in [3.05, 3.63) is 82.7 Å². The first-order chi connectivity index (χ1) is 20.7. The first kappa shape index (κ1) is 29.9. The summed E-state index contributed by atoms with van der Waals surface area (Å²) in [4.78, 5) is 26.0. The van der Waals surface area contributed by atoms with Crippen molar-refractivity contribution in [3.8, 4) is 0 Å². The number of carbonyl (C=O) groups is 1. The zero-order valence-electron chi connectivity index (χ0n) is 25.3. The first-order valence-corrected chi connectivity index (χ1v) is 15.9. The van der Waals surface area contributed by atoms with E-state index in [2.05, 4.69) is 32.7 Å². The second-order valence-corrected chi connectivity index (χ2v) is 13.7. The van der Waals surface area contributed by atoms with Gasteiger partial charge in [-0.15, -0.1) is 0 Å². The van der Waals surface area contributed by atoms with Gasteiger partial charge in [-0.25, -0.2) is 9.78 Å². The molecular formula is C34H42ClN5O3. The molecule has 43 heavy (non-hydrogen) atoms. The Balaban J connectivity index is 1.29. The summed E-state index contributed by atoms with van der Waals surface area (Å²) >= 11 is 6.56. The first-order valence-electron chi connectivity index (χ1n) is 15.5. The quantitative estimate of drug-likeness (QED) is 0.369. The Kier molecular flexibility index (Phi) is 8.63. The maximum atomic E-state index is 12.8. The normalized spacial score (nSPS) is 22.3. The summed E-state index contributed by atoms with van der Waals surface area (Å²) in [6.45, 7) is 9.50. The summed E-state index contributed by atoms with van der Waals surface area (Å²) in [6, 6.07) is 10.1. The molecular weight excluding hydrogens is 562 g/mol. The fraction of sp³-hybridized carbons (Fsp3) is 0.500. The SMILES string of the molecule is CC(C)(C)OC(=O)N1CCC(C2c3ccc(Cl)cc3C=C(C(O)N3CCC[C@@H](Cn4ccnc4)C3)c3cccnc32)CC1. The molecule has 0 saturated carbocycles. The third-order valence-corrected chi connectivity index (χ3v) is 9.24. The van der Waals surface area contributed by atoms with Crippen LogP contribution in [-0.4, -0.2) is 73.5 Å². The largest absolute Gasteiger partial charge is 0.444 e. The van der Waals surface area contributed by atoms with Crippen LogP contribution in [0.2, 0.25) is 5.02 Å². The average Bonchev–Trinajstić information content (AvgIpc) is 3.44. The highest BCUT2D eigenvalue weighted by Gasteiger charge is 2.38. The van der Waals surface area contributed by atoms with Gasteiger partial charge in [0.15, 0.2) is 0 Å². The highest BCUT2D eigenvalue weighted by Crippen LogP contribution is 2.46. The van der Waals surface area contributed by atoms with Gasteiger partial charge in [0, 0.05) is 73.4 Å². The molecule has 2 aliphatic heterocycles. The maximum absolute atomic E-state index is 12.8. The van der Waals surface area contributed by atoms with E-state index >= 15 is 0 Å². The Morgan fingerprint density at radius 1 is 1.14 bits per heavy atom. The number of piperidine rings is 2. The van der Waals surface area contributed by atoms with Crippen LogP contribution >= 0.6 is 11.6 Å². The number of rotatable bonds is 5. The predicted molar refractivity (Wildman–Crippen MR) is 168 cm³/mol. The number of imidazole rings is 1. The zero-order chi connectivity index (χ0) is 30.1. The smallest absolute Gasteiger partial charge is 0.410 e. The molecule has 0 radical (unpaired) electrons. The van der Waals surface area contributed by atoms with Crippen molar-refractivity contribution in [2.24, 2.45) is 11.8 Å². The van der Waals surface area contributed by atoms with Crippen LogP contribution in [0.25, 0.3) is 11.6 Å². The van der Waals surface area contributed by atoms with E-state index in [0.717, 1.165) is 67.7 Å². The molecule has 0 spiro atoms. The number of nitrogens with zero attached hydrogens (tertiary/aromatic N) is 5. The minimum Gasteiger partial charge on any atom is -0.444 e. The molecule has 2 unspecified atom stereocenters. The summed E-state index contributed by atoms with van der Waals surface area (Å²) in [6.07, 6.45) is 12.5. The second-order valence-electron chi connectivity index (χ2n) is 13.2. The van der Waals surface area contributed by atoms with Crippen molar-refractivity contribution in [2.75, 3.05) is 26.2 Å². The molecule has 8 nitrogen and oxygen atoms in total. The van der Waals surface area contributed by atoms with Gasteiger partial charge in [-0.1, -0.05) is 23.7 Å². The van der Waals surface area contributed by atoms with Gasteiger partial charge in [-0.3, -0.25) is 9.88 Å². The molecule has 9 heteroatoms.